The summed E-state index contributed by atoms with van der Waals surface area (Å²) in [5, 5.41) is 0. The largest absolute Gasteiger partial charge is 0.497 e. The molecular weight excluding hydrogens is 425 g/mol. The van der Waals surface area contributed by atoms with Crippen molar-refractivity contribution < 1.29 is 23.6 Å². The van der Waals surface area contributed by atoms with Gasteiger partial charge in [0.05, 0.1) is 13.7 Å². The average molecular weight is 460 g/mol. The van der Waals surface area contributed by atoms with Crippen molar-refractivity contribution in [3.63, 3.8) is 0 Å². The van der Waals surface area contributed by atoms with Crippen molar-refractivity contribution in [1.82, 2.24) is 0 Å². The molecule has 0 spiro atoms. The second-order valence-corrected chi connectivity index (χ2v) is 10.8. The van der Waals surface area contributed by atoms with E-state index in [4.69, 9.17) is 24.8 Å². The molecule has 7 heteroatoms. The summed E-state index contributed by atoms with van der Waals surface area (Å²) in [5.41, 5.74) is 11.3. The molecule has 0 bridgehead atoms. The van der Waals surface area contributed by atoms with Crippen molar-refractivity contribution in [3.05, 3.63) is 64.7 Å². The highest BCUT2D eigenvalue weighted by Gasteiger charge is 2.38. The van der Waals surface area contributed by atoms with Crippen LogP contribution in [0.25, 0.3) is 0 Å². The molecular formula is C25H34NO5P. The molecule has 1 fully saturated rings. The normalized spacial score (nSPS) is 25.5. The van der Waals surface area contributed by atoms with E-state index in [-0.39, 0.29) is 6.61 Å². The molecule has 0 aliphatic heterocycles. The molecule has 1 saturated carbocycles. The van der Waals surface area contributed by atoms with Crippen molar-refractivity contribution in [2.24, 2.45) is 11.7 Å². The number of benzene rings is 2. The van der Waals surface area contributed by atoms with Crippen LogP contribution in [0.3, 0.4) is 0 Å². The minimum absolute atomic E-state index is 0.103. The van der Waals surface area contributed by atoms with Gasteiger partial charge in [-0.15, -0.1) is 0 Å². The topological polar surface area (TPSA) is 102 Å². The van der Waals surface area contributed by atoms with Crippen molar-refractivity contribution >= 4 is 7.82 Å². The van der Waals surface area contributed by atoms with E-state index in [9.17, 15) is 4.57 Å². The fourth-order valence-corrected chi connectivity index (χ4v) is 5.72. The van der Waals surface area contributed by atoms with Crippen LogP contribution in [0.1, 0.15) is 60.3 Å². The van der Waals surface area contributed by atoms with Gasteiger partial charge in [-0.25, -0.2) is 4.57 Å². The predicted molar refractivity (Wildman–Crippen MR) is 125 cm³/mol. The van der Waals surface area contributed by atoms with Gasteiger partial charge in [0.2, 0.25) is 0 Å². The zero-order valence-electron chi connectivity index (χ0n) is 18.7. The molecule has 2 aliphatic carbocycles. The molecule has 2 aliphatic rings. The lowest BCUT2D eigenvalue weighted by molar-refractivity contribution is 0.153. The fourth-order valence-electron chi connectivity index (χ4n) is 5.30. The average Bonchev–Trinajstić information content (AvgIpc) is 3.18. The Bertz CT molecular complexity index is 973. The first-order chi connectivity index (χ1) is 15.2. The Labute approximate surface area is 190 Å². The van der Waals surface area contributed by atoms with Crippen LogP contribution < -0.4 is 10.5 Å². The van der Waals surface area contributed by atoms with Gasteiger partial charge < -0.3 is 20.3 Å². The van der Waals surface area contributed by atoms with Crippen LogP contribution in [-0.4, -0.2) is 29.0 Å². The minimum Gasteiger partial charge on any atom is -0.497 e. The number of fused-ring (bicyclic) bond motifs is 1. The van der Waals surface area contributed by atoms with Gasteiger partial charge in [-0.2, -0.15) is 0 Å². The number of phosphoric acid groups is 1. The molecule has 4 rings (SSSR count). The van der Waals surface area contributed by atoms with Crippen molar-refractivity contribution in [3.8, 4) is 5.75 Å². The number of ether oxygens (including phenoxy) is 1. The Hall–Kier alpha value is -1.69. The van der Waals surface area contributed by atoms with E-state index in [2.05, 4.69) is 30.3 Å². The third kappa shape index (κ3) is 6.00. The van der Waals surface area contributed by atoms with Crippen molar-refractivity contribution in [1.29, 1.82) is 0 Å². The molecule has 0 unspecified atom stereocenters. The van der Waals surface area contributed by atoms with Gasteiger partial charge in [0.25, 0.3) is 0 Å². The highest BCUT2D eigenvalue weighted by atomic mass is 31.2. The van der Waals surface area contributed by atoms with Crippen LogP contribution >= 0.6 is 7.82 Å². The second kappa shape index (κ2) is 9.66. The van der Waals surface area contributed by atoms with E-state index in [1.807, 2.05) is 12.1 Å². The first-order valence-electron chi connectivity index (χ1n) is 11.5. The Kier molecular flexibility index (Phi) is 7.09. The van der Waals surface area contributed by atoms with Gasteiger partial charge in [0.1, 0.15) is 5.75 Å². The van der Waals surface area contributed by atoms with E-state index in [1.165, 1.54) is 35.1 Å². The summed E-state index contributed by atoms with van der Waals surface area (Å²) >= 11 is 0. The van der Waals surface area contributed by atoms with E-state index < -0.39 is 13.4 Å². The molecule has 0 radical (unpaired) electrons. The van der Waals surface area contributed by atoms with Gasteiger partial charge >= 0.3 is 7.82 Å². The van der Waals surface area contributed by atoms with Gasteiger partial charge in [-0.1, -0.05) is 30.3 Å². The molecule has 0 amide bonds. The Morgan fingerprint density at radius 1 is 1.12 bits per heavy atom. The molecule has 3 atom stereocenters. The van der Waals surface area contributed by atoms with E-state index in [0.717, 1.165) is 31.4 Å². The minimum atomic E-state index is -4.49. The number of rotatable bonds is 8. The van der Waals surface area contributed by atoms with Crippen molar-refractivity contribution in [2.45, 2.75) is 62.8 Å². The third-order valence-corrected chi connectivity index (χ3v) is 7.66. The van der Waals surface area contributed by atoms with E-state index in [0.29, 0.717) is 24.7 Å². The van der Waals surface area contributed by atoms with E-state index >= 15 is 0 Å². The molecule has 2 aromatic rings. The Balaban J connectivity index is 1.32. The zero-order valence-corrected chi connectivity index (χ0v) is 19.6. The summed E-state index contributed by atoms with van der Waals surface area (Å²) < 4.78 is 21.0. The Morgan fingerprint density at radius 2 is 1.91 bits per heavy atom. The maximum absolute atomic E-state index is 11.0. The highest BCUT2D eigenvalue weighted by molar-refractivity contribution is 7.46. The van der Waals surface area contributed by atoms with Crippen LogP contribution in [-0.2, 0) is 28.4 Å². The number of hydrogen-bond donors (Lipinski definition) is 3. The lowest BCUT2D eigenvalue weighted by atomic mass is 9.79. The number of nitrogens with two attached hydrogens (primary N) is 1. The quantitative estimate of drug-likeness (QED) is 0.502. The molecule has 32 heavy (non-hydrogen) atoms. The molecule has 2 aromatic carbocycles. The maximum atomic E-state index is 11.0. The van der Waals surface area contributed by atoms with Gasteiger partial charge in [0, 0.05) is 5.54 Å². The smallest absolute Gasteiger partial charge is 0.469 e. The van der Waals surface area contributed by atoms with Gasteiger partial charge in [-0.3, -0.25) is 4.52 Å². The van der Waals surface area contributed by atoms with Crippen LogP contribution in [0.15, 0.2) is 42.5 Å². The van der Waals surface area contributed by atoms with Crippen LogP contribution in [0, 0.1) is 5.92 Å². The zero-order chi connectivity index (χ0) is 22.8. The number of phosphoric ester groups is 1. The summed E-state index contributed by atoms with van der Waals surface area (Å²) in [6.45, 7) is -0.103. The summed E-state index contributed by atoms with van der Waals surface area (Å²) in [4.78, 5) is 18.0. The van der Waals surface area contributed by atoms with Crippen LogP contribution in [0.2, 0.25) is 0 Å². The highest BCUT2D eigenvalue weighted by Crippen LogP contribution is 2.44. The molecule has 0 heterocycles. The predicted octanol–water partition coefficient (Wildman–Crippen LogP) is 4.51. The molecule has 4 N–H and O–H groups in total. The fraction of sp³-hybridized carbons (Fsp3) is 0.520. The van der Waals surface area contributed by atoms with Gasteiger partial charge in [0.15, 0.2) is 0 Å². The third-order valence-electron chi connectivity index (χ3n) is 7.20. The summed E-state index contributed by atoms with van der Waals surface area (Å²) in [6.07, 6.45) is 8.08. The lowest BCUT2D eigenvalue weighted by Gasteiger charge is -2.27. The SMILES string of the molecule is COc1ccc(CC[C@@H]2CCc3cc([C@H]4CC[C@](N)(COP(=O)(O)O)C4)ccc3C2)cc1. The van der Waals surface area contributed by atoms with E-state index in [1.54, 1.807) is 7.11 Å². The maximum Gasteiger partial charge on any atom is 0.469 e. The second-order valence-electron chi connectivity index (χ2n) is 9.59. The monoisotopic (exact) mass is 459 g/mol. The summed E-state index contributed by atoms with van der Waals surface area (Å²) in [6, 6.07) is 15.2. The van der Waals surface area contributed by atoms with Crippen LogP contribution in [0.4, 0.5) is 0 Å². The first kappa shape index (κ1) is 23.5. The molecule has 6 nitrogen and oxygen atoms in total. The summed E-state index contributed by atoms with van der Waals surface area (Å²) in [5.74, 6) is 1.93. The van der Waals surface area contributed by atoms with Crippen molar-refractivity contribution in [2.75, 3.05) is 13.7 Å². The summed E-state index contributed by atoms with van der Waals surface area (Å²) in [7, 11) is -2.79. The van der Waals surface area contributed by atoms with Gasteiger partial charge in [-0.05, 0) is 97.6 Å². The number of aryl methyl sites for hydroxylation is 2. The molecule has 0 saturated heterocycles. The number of methoxy groups -OCH3 is 1. The lowest BCUT2D eigenvalue weighted by Crippen LogP contribution is -2.41. The van der Waals surface area contributed by atoms with Crippen LogP contribution in [0.5, 0.6) is 5.75 Å². The Morgan fingerprint density at radius 3 is 2.62 bits per heavy atom. The standard InChI is InChI=1S/C25H34NO5P/c1-30-24-10-5-18(6-11-24)2-3-19-4-7-21-15-22(9-8-20(21)14-19)23-12-13-25(26,16-23)17-31-32(27,28)29/h5-6,8-11,15,19,23H,2-4,7,12-14,16-17,26H2,1H3,(H2,27,28,29)/t19-,23+,25-/m1/s1. The molecule has 174 valence electrons. The molecule has 0 aromatic heterocycles. The number of hydrogen-bond acceptors (Lipinski definition) is 4. The first-order valence-corrected chi connectivity index (χ1v) is 13.0.